The summed E-state index contributed by atoms with van der Waals surface area (Å²) >= 11 is 0. The topological polar surface area (TPSA) is 66.2 Å². The summed E-state index contributed by atoms with van der Waals surface area (Å²) in [4.78, 5) is 8.78. The molecular formula is C33H33F4IrN2O2-. The van der Waals surface area contributed by atoms with Crippen LogP contribution in [0, 0.1) is 40.2 Å². The largest absolute Gasteiger partial charge is 0.392 e. The molecule has 0 spiro atoms. The summed E-state index contributed by atoms with van der Waals surface area (Å²) in [6.45, 7) is 11.9. The van der Waals surface area contributed by atoms with Gasteiger partial charge in [-0.3, -0.25) is 4.98 Å². The zero-order valence-electron chi connectivity index (χ0n) is 24.2. The van der Waals surface area contributed by atoms with Gasteiger partial charge < -0.3 is 15.2 Å². The second-order valence-electron chi connectivity index (χ2n) is 12.3. The van der Waals surface area contributed by atoms with Gasteiger partial charge in [-0.1, -0.05) is 77.3 Å². The molecule has 2 atom stereocenters. The third-order valence-electron chi connectivity index (χ3n) is 7.15. The molecule has 225 valence electrons. The molecule has 0 aliphatic rings. The third-order valence-corrected chi connectivity index (χ3v) is 7.15. The van der Waals surface area contributed by atoms with Crippen LogP contribution in [0.1, 0.15) is 48.0 Å². The zero-order chi connectivity index (χ0) is 30.3. The number of halogens is 4. The fraction of sp³-hybridized carbons (Fsp3) is 0.333. The number of rotatable bonds is 3. The minimum absolute atomic E-state index is 0. The summed E-state index contributed by atoms with van der Waals surface area (Å²) in [5, 5.41) is 19.2. The van der Waals surface area contributed by atoms with Gasteiger partial charge in [0.2, 0.25) is 0 Å². The molecule has 5 rings (SSSR count). The molecule has 42 heavy (non-hydrogen) atoms. The van der Waals surface area contributed by atoms with E-state index in [1.807, 2.05) is 47.6 Å². The number of hydrogen-bond acceptors (Lipinski definition) is 4. The van der Waals surface area contributed by atoms with Crippen molar-refractivity contribution in [2.75, 3.05) is 0 Å². The van der Waals surface area contributed by atoms with Crippen molar-refractivity contribution in [2.45, 2.75) is 60.2 Å². The van der Waals surface area contributed by atoms with Crippen LogP contribution in [0.2, 0.25) is 0 Å². The first-order valence-corrected chi connectivity index (χ1v) is 13.3. The molecule has 0 fully saturated rings. The normalized spacial score (nSPS) is 13.4. The molecule has 0 amide bonds. The van der Waals surface area contributed by atoms with Crippen molar-refractivity contribution in [3.8, 4) is 11.3 Å². The standard InChI is InChI=1S/C22H9F4N2.C11H24O2.Ir/c23-17-15-12-8-4-5-9-13(12)21-22(16(15)18(24)20(26)19(17)25)28-14(10-27-21)11-6-2-1-3-7-11;1-10(2,3)8(12)7-9(13)11(4,5)6;/h1-8,10H;8-9,12-13H,7H2,1-6H3;/q-1;;. The molecule has 0 saturated carbocycles. The van der Waals surface area contributed by atoms with Crippen molar-refractivity contribution in [1.29, 1.82) is 0 Å². The number of benzene rings is 4. The first-order chi connectivity index (χ1) is 19.1. The van der Waals surface area contributed by atoms with E-state index < -0.39 is 40.9 Å². The molecule has 0 bridgehead atoms. The predicted octanol–water partition coefficient (Wildman–Crippen LogP) is 8.15. The van der Waals surface area contributed by atoms with Crippen LogP contribution in [0.15, 0.2) is 54.7 Å². The number of aliphatic hydroxyl groups excluding tert-OH is 2. The van der Waals surface area contributed by atoms with Gasteiger partial charge in [0.05, 0.1) is 23.4 Å². The van der Waals surface area contributed by atoms with E-state index in [-0.39, 0.29) is 52.7 Å². The van der Waals surface area contributed by atoms with E-state index in [0.29, 0.717) is 23.1 Å². The van der Waals surface area contributed by atoms with Crippen LogP contribution in [-0.2, 0) is 20.1 Å². The summed E-state index contributed by atoms with van der Waals surface area (Å²) in [6.07, 6.45) is 1.06. The summed E-state index contributed by atoms with van der Waals surface area (Å²) in [7, 11) is 0. The van der Waals surface area contributed by atoms with Crippen LogP contribution in [0.5, 0.6) is 0 Å². The van der Waals surface area contributed by atoms with E-state index in [1.165, 1.54) is 12.3 Å². The van der Waals surface area contributed by atoms with Crippen LogP contribution >= 0.6 is 0 Å². The fourth-order valence-corrected chi connectivity index (χ4v) is 4.36. The van der Waals surface area contributed by atoms with Crippen molar-refractivity contribution >= 4 is 32.6 Å². The van der Waals surface area contributed by atoms with Gasteiger partial charge in [-0.05, 0) is 16.2 Å². The van der Waals surface area contributed by atoms with E-state index >= 15 is 0 Å². The molecule has 4 aromatic carbocycles. The second kappa shape index (κ2) is 12.7. The maximum Gasteiger partial charge on any atom is 0.198 e. The first-order valence-electron chi connectivity index (χ1n) is 13.3. The maximum absolute atomic E-state index is 14.8. The molecule has 9 heteroatoms. The fourth-order valence-electron chi connectivity index (χ4n) is 4.36. The number of nitrogens with zero attached hydrogens (tertiary/aromatic N) is 2. The Hall–Kier alpha value is -2.97. The number of aromatic nitrogens is 2. The first kappa shape index (κ1) is 33.5. The molecule has 0 aliphatic heterocycles. The SMILES string of the molecule is CC(C)(C)C(O)CC(O)C(C)(C)C.Fc1c(F)c(F)c2c3nc(-c4ccccc4)cnc3c3[c-]cccc3c2c1F.[Ir]. The minimum atomic E-state index is -1.88. The number of aliphatic hydroxyl groups is 2. The van der Waals surface area contributed by atoms with E-state index in [1.54, 1.807) is 36.4 Å². The number of fused-ring (bicyclic) bond motifs is 6. The van der Waals surface area contributed by atoms with Gasteiger partial charge in [-0.25, -0.2) is 17.6 Å². The molecule has 0 saturated heterocycles. The van der Waals surface area contributed by atoms with Crippen molar-refractivity contribution in [3.05, 3.63) is 84.1 Å². The van der Waals surface area contributed by atoms with Crippen molar-refractivity contribution < 1.29 is 47.9 Å². The van der Waals surface area contributed by atoms with E-state index in [0.717, 1.165) is 0 Å². The quantitative estimate of drug-likeness (QED) is 0.0642. The van der Waals surface area contributed by atoms with Gasteiger partial charge in [-0.15, -0.1) is 29.7 Å². The Bertz CT molecular complexity index is 1700. The Kier molecular flexibility index (Phi) is 10.2. The van der Waals surface area contributed by atoms with Crippen LogP contribution in [0.4, 0.5) is 17.6 Å². The van der Waals surface area contributed by atoms with Gasteiger partial charge in [0.25, 0.3) is 0 Å². The Morgan fingerprint density at radius 1 is 0.738 bits per heavy atom. The summed E-state index contributed by atoms with van der Waals surface area (Å²) < 4.78 is 57.4. The Morgan fingerprint density at radius 3 is 1.83 bits per heavy atom. The van der Waals surface area contributed by atoms with Crippen molar-refractivity contribution in [3.63, 3.8) is 0 Å². The average molecular weight is 758 g/mol. The smallest absolute Gasteiger partial charge is 0.198 e. The molecule has 1 aromatic heterocycles. The predicted molar refractivity (Wildman–Crippen MR) is 154 cm³/mol. The molecule has 5 aromatic rings. The van der Waals surface area contributed by atoms with Crippen molar-refractivity contribution in [1.82, 2.24) is 9.97 Å². The van der Waals surface area contributed by atoms with Gasteiger partial charge in [0, 0.05) is 49.2 Å². The Balaban J connectivity index is 0.000000297. The average Bonchev–Trinajstić information content (AvgIpc) is 2.93. The van der Waals surface area contributed by atoms with Gasteiger partial charge >= 0.3 is 0 Å². The molecule has 1 heterocycles. The van der Waals surface area contributed by atoms with Crippen molar-refractivity contribution in [2.24, 2.45) is 10.8 Å². The number of hydrogen-bond donors (Lipinski definition) is 2. The second-order valence-corrected chi connectivity index (χ2v) is 12.3. The third kappa shape index (κ3) is 6.65. The van der Waals surface area contributed by atoms with E-state index in [2.05, 4.69) is 16.0 Å². The summed E-state index contributed by atoms with van der Waals surface area (Å²) in [5.41, 5.74) is 0.979. The molecule has 2 unspecified atom stereocenters. The summed E-state index contributed by atoms with van der Waals surface area (Å²) in [6, 6.07) is 16.5. The van der Waals surface area contributed by atoms with Crippen LogP contribution in [0.25, 0.3) is 43.8 Å². The Morgan fingerprint density at radius 2 is 1.29 bits per heavy atom. The Labute approximate surface area is 256 Å². The van der Waals surface area contributed by atoms with E-state index in [9.17, 15) is 27.8 Å². The monoisotopic (exact) mass is 758 g/mol. The molecule has 4 nitrogen and oxygen atoms in total. The van der Waals surface area contributed by atoms with Gasteiger partial charge in [0.1, 0.15) is 0 Å². The molecule has 0 aliphatic carbocycles. The van der Waals surface area contributed by atoms with Crippen LogP contribution < -0.4 is 0 Å². The molecular weight excluding hydrogens is 725 g/mol. The van der Waals surface area contributed by atoms with Crippen LogP contribution in [-0.4, -0.2) is 32.4 Å². The minimum Gasteiger partial charge on any atom is -0.392 e. The summed E-state index contributed by atoms with van der Waals surface area (Å²) in [5.74, 6) is -6.70. The molecule has 1 radical (unpaired) electrons. The van der Waals surface area contributed by atoms with E-state index in [4.69, 9.17) is 0 Å². The van der Waals surface area contributed by atoms with Crippen LogP contribution in [0.3, 0.4) is 0 Å². The zero-order valence-corrected chi connectivity index (χ0v) is 26.6. The van der Waals surface area contributed by atoms with Gasteiger partial charge in [0.15, 0.2) is 23.3 Å². The van der Waals surface area contributed by atoms with Gasteiger partial charge in [-0.2, -0.15) is 0 Å². The molecule has 2 N–H and O–H groups in total. The maximum atomic E-state index is 14.8.